The van der Waals surface area contributed by atoms with Crippen LogP contribution in [0.4, 0.5) is 0 Å². The number of nitrogens with one attached hydrogen (secondary N) is 1. The molecule has 0 radical (unpaired) electrons. The first kappa shape index (κ1) is 15.9. The van der Waals surface area contributed by atoms with Crippen LogP contribution in [0.3, 0.4) is 0 Å². The first-order valence-electron chi connectivity index (χ1n) is 5.79. The zero-order valence-corrected chi connectivity index (χ0v) is 12.6. The molecule has 1 N–H and O–H groups in total. The minimum Gasteiger partial charge on any atom is -0.423 e. The van der Waals surface area contributed by atoms with Gasteiger partial charge in [0.25, 0.3) is 6.49 Å². The molecule has 0 aliphatic heterocycles. The van der Waals surface area contributed by atoms with Crippen LogP contribution in [0.15, 0.2) is 55.4 Å². The molecule has 104 valence electrons. The molecule has 1 rings (SSSR count). The number of rotatable bonds is 9. The molecule has 0 saturated heterocycles. The monoisotopic (exact) mass is 299 g/mol. The summed E-state index contributed by atoms with van der Waals surface area (Å²) in [4.78, 5) is 5.03. The Kier molecular flexibility index (Phi) is 6.81. The first-order chi connectivity index (χ1) is 9.12. The van der Waals surface area contributed by atoms with Crippen LogP contribution in [0.2, 0.25) is 0 Å². The van der Waals surface area contributed by atoms with Crippen molar-refractivity contribution in [1.82, 2.24) is 5.48 Å². The molecule has 0 saturated carbocycles. The van der Waals surface area contributed by atoms with E-state index in [9.17, 15) is 0 Å². The van der Waals surface area contributed by atoms with Crippen molar-refractivity contribution >= 4 is 23.6 Å². The van der Waals surface area contributed by atoms with Gasteiger partial charge in [0.2, 0.25) is 5.88 Å². The lowest BCUT2D eigenvalue weighted by molar-refractivity contribution is 0.0575. The van der Waals surface area contributed by atoms with E-state index in [0.29, 0.717) is 13.2 Å². The summed E-state index contributed by atoms with van der Waals surface area (Å²) in [6.45, 7) is 7.31. The average molecular weight is 299 g/mol. The van der Waals surface area contributed by atoms with Crippen LogP contribution in [-0.4, -0.2) is 13.2 Å². The molecule has 1 aromatic carbocycles. The van der Waals surface area contributed by atoms with Gasteiger partial charge in [-0.15, -0.1) is 6.58 Å². The van der Waals surface area contributed by atoms with E-state index in [-0.39, 0.29) is 5.88 Å². The molecular weight excluding hydrogens is 281 g/mol. The minimum absolute atomic E-state index is 0.225. The zero-order chi connectivity index (χ0) is 14.1. The quantitative estimate of drug-likeness (QED) is 0.250. The van der Waals surface area contributed by atoms with Crippen molar-refractivity contribution in [3.8, 4) is 0 Å². The summed E-state index contributed by atoms with van der Waals surface area (Å²) < 4.78 is 11.3. The highest BCUT2D eigenvalue weighted by molar-refractivity contribution is 8.13. The number of hydroxylamine groups is 1. The summed E-state index contributed by atoms with van der Waals surface area (Å²) >= 11 is 5.51. The van der Waals surface area contributed by atoms with Gasteiger partial charge in [-0.3, -0.25) is 4.84 Å². The normalized spacial score (nSPS) is 13.3. The molecule has 4 nitrogen and oxygen atoms in total. The molecule has 0 aliphatic carbocycles. The summed E-state index contributed by atoms with van der Waals surface area (Å²) in [5.74, 6) is 0.225. The molecule has 0 heterocycles. The van der Waals surface area contributed by atoms with Gasteiger partial charge in [-0.05, 0) is 37.4 Å². The maximum atomic E-state index is 5.65. The molecule has 1 aromatic rings. The van der Waals surface area contributed by atoms with E-state index in [1.165, 1.54) is 0 Å². The fourth-order valence-electron chi connectivity index (χ4n) is 1.28. The predicted molar refractivity (Wildman–Crippen MR) is 81.5 cm³/mol. The summed E-state index contributed by atoms with van der Waals surface area (Å²) in [5, 5.41) is 0.832. The molecule has 0 amide bonds. The second-order valence-corrected chi connectivity index (χ2v) is 6.86. The SMILES string of the molecule is C=CCONC(=C)OP(=S)(OCC)c1ccccc1. The van der Waals surface area contributed by atoms with Crippen LogP contribution in [0.1, 0.15) is 6.92 Å². The van der Waals surface area contributed by atoms with E-state index < -0.39 is 6.49 Å². The van der Waals surface area contributed by atoms with Crippen molar-refractivity contribution in [2.45, 2.75) is 6.92 Å². The maximum absolute atomic E-state index is 5.65. The fraction of sp³-hybridized carbons (Fsp3) is 0.231. The van der Waals surface area contributed by atoms with Gasteiger partial charge in [0.05, 0.1) is 13.2 Å². The van der Waals surface area contributed by atoms with Gasteiger partial charge in [-0.25, -0.2) is 5.48 Å². The van der Waals surface area contributed by atoms with Crippen molar-refractivity contribution in [2.75, 3.05) is 13.2 Å². The standard InChI is InChI=1S/C13H18NO3PS/c1-4-11-15-14-12(3)17-18(19,16-5-2)13-9-7-6-8-10-13/h4,6-10,14H,1,3,5,11H2,2H3. The molecule has 6 heteroatoms. The zero-order valence-electron chi connectivity index (χ0n) is 10.9. The van der Waals surface area contributed by atoms with E-state index in [0.717, 1.165) is 5.30 Å². The second kappa shape index (κ2) is 8.12. The van der Waals surface area contributed by atoms with E-state index in [2.05, 4.69) is 18.6 Å². The largest absolute Gasteiger partial charge is 0.423 e. The van der Waals surface area contributed by atoms with Gasteiger partial charge in [0, 0.05) is 5.30 Å². The Balaban J connectivity index is 2.75. The highest BCUT2D eigenvalue weighted by Crippen LogP contribution is 2.48. The highest BCUT2D eigenvalue weighted by Gasteiger charge is 2.23. The van der Waals surface area contributed by atoms with Crippen LogP contribution in [0.5, 0.6) is 0 Å². The van der Waals surface area contributed by atoms with E-state index in [1.807, 2.05) is 37.3 Å². The molecule has 0 aromatic heterocycles. The molecule has 0 spiro atoms. The predicted octanol–water partition coefficient (Wildman–Crippen LogP) is 2.85. The van der Waals surface area contributed by atoms with Gasteiger partial charge in [0.15, 0.2) is 0 Å². The second-order valence-electron chi connectivity index (χ2n) is 3.47. The van der Waals surface area contributed by atoms with Crippen LogP contribution in [0.25, 0.3) is 0 Å². The highest BCUT2D eigenvalue weighted by atomic mass is 32.5. The van der Waals surface area contributed by atoms with Gasteiger partial charge >= 0.3 is 0 Å². The van der Waals surface area contributed by atoms with Crippen LogP contribution >= 0.6 is 6.49 Å². The van der Waals surface area contributed by atoms with Crippen LogP contribution in [-0.2, 0) is 25.7 Å². The van der Waals surface area contributed by atoms with E-state index in [4.69, 9.17) is 25.7 Å². The summed E-state index contributed by atoms with van der Waals surface area (Å²) in [7, 11) is 0. The summed E-state index contributed by atoms with van der Waals surface area (Å²) in [6, 6.07) is 9.46. The number of hydrogen-bond donors (Lipinski definition) is 1. The molecule has 0 bridgehead atoms. The lowest BCUT2D eigenvalue weighted by Crippen LogP contribution is -2.18. The Morgan fingerprint density at radius 2 is 2.11 bits per heavy atom. The van der Waals surface area contributed by atoms with E-state index in [1.54, 1.807) is 6.08 Å². The van der Waals surface area contributed by atoms with Crippen molar-refractivity contribution < 1.29 is 13.9 Å². The van der Waals surface area contributed by atoms with Gasteiger partial charge in [-0.1, -0.05) is 24.3 Å². The molecule has 19 heavy (non-hydrogen) atoms. The van der Waals surface area contributed by atoms with Gasteiger partial charge < -0.3 is 9.05 Å². The first-order valence-corrected chi connectivity index (χ1v) is 8.43. The van der Waals surface area contributed by atoms with Crippen LogP contribution < -0.4 is 10.8 Å². The van der Waals surface area contributed by atoms with Crippen molar-refractivity contribution in [3.05, 3.63) is 55.4 Å². The molecule has 1 atom stereocenters. The molecule has 0 fully saturated rings. The Morgan fingerprint density at radius 1 is 1.42 bits per heavy atom. The average Bonchev–Trinajstić information content (AvgIpc) is 2.40. The molecule has 1 unspecified atom stereocenters. The molecule has 0 aliphatic rings. The number of benzene rings is 1. The maximum Gasteiger partial charge on any atom is 0.270 e. The third kappa shape index (κ3) is 5.17. The summed E-state index contributed by atoms with van der Waals surface area (Å²) in [6.07, 6.45) is 1.61. The van der Waals surface area contributed by atoms with Crippen molar-refractivity contribution in [3.63, 3.8) is 0 Å². The Bertz CT molecular complexity index is 464. The Morgan fingerprint density at radius 3 is 2.68 bits per heavy atom. The van der Waals surface area contributed by atoms with E-state index >= 15 is 0 Å². The van der Waals surface area contributed by atoms with Crippen molar-refractivity contribution in [1.29, 1.82) is 0 Å². The lowest BCUT2D eigenvalue weighted by Gasteiger charge is -2.23. The van der Waals surface area contributed by atoms with Gasteiger partial charge in [0.1, 0.15) is 0 Å². The number of hydrogen-bond acceptors (Lipinski definition) is 5. The summed E-state index contributed by atoms with van der Waals surface area (Å²) in [5.41, 5.74) is 2.56. The Labute approximate surface area is 119 Å². The minimum atomic E-state index is -2.61. The van der Waals surface area contributed by atoms with Crippen molar-refractivity contribution in [2.24, 2.45) is 0 Å². The molecular formula is C13H18NO3PS. The smallest absolute Gasteiger partial charge is 0.270 e. The third-order valence-corrected chi connectivity index (χ3v) is 5.15. The van der Waals surface area contributed by atoms with Gasteiger partial charge in [-0.2, -0.15) is 0 Å². The van der Waals surface area contributed by atoms with Crippen LogP contribution in [0, 0.1) is 0 Å². The fourth-order valence-corrected chi connectivity index (χ4v) is 3.74. The topological polar surface area (TPSA) is 39.7 Å². The lowest BCUT2D eigenvalue weighted by atomic mass is 10.4. The third-order valence-electron chi connectivity index (χ3n) is 1.99. The Hall–Kier alpha value is -1.13.